The first-order valence-corrected chi connectivity index (χ1v) is 11.8. The van der Waals surface area contributed by atoms with E-state index in [2.05, 4.69) is 5.32 Å². The number of nitrogens with zero attached hydrogens (tertiary/aromatic N) is 1. The number of hydrogen-bond donors (Lipinski definition) is 1. The van der Waals surface area contributed by atoms with Crippen molar-refractivity contribution in [3.05, 3.63) is 35.2 Å². The SMILES string of the molecule is CS(=O)(=O)N1CCC[C@H](NC(=O)c2ccc(-c3ccc4c(c3)OCCO4)s2)C1. The number of sulfonamides is 1. The average Bonchev–Trinajstić information content (AvgIpc) is 3.17. The molecule has 3 heterocycles. The first-order chi connectivity index (χ1) is 13.4. The van der Waals surface area contributed by atoms with Gasteiger partial charge in [-0.15, -0.1) is 11.3 Å². The molecule has 1 amide bonds. The van der Waals surface area contributed by atoms with Crippen molar-refractivity contribution < 1.29 is 22.7 Å². The van der Waals surface area contributed by atoms with E-state index >= 15 is 0 Å². The molecule has 0 spiro atoms. The molecule has 1 atom stereocenters. The van der Waals surface area contributed by atoms with E-state index in [0.29, 0.717) is 36.9 Å². The van der Waals surface area contributed by atoms with E-state index in [9.17, 15) is 13.2 Å². The van der Waals surface area contributed by atoms with Crippen molar-refractivity contribution in [3.63, 3.8) is 0 Å². The number of ether oxygens (including phenoxy) is 2. The minimum atomic E-state index is -3.24. The second-order valence-electron chi connectivity index (χ2n) is 6.96. The lowest BCUT2D eigenvalue weighted by molar-refractivity contribution is 0.0925. The van der Waals surface area contributed by atoms with Crippen molar-refractivity contribution >= 4 is 27.3 Å². The Morgan fingerprint density at radius 2 is 1.96 bits per heavy atom. The lowest BCUT2D eigenvalue weighted by Gasteiger charge is -2.31. The maximum Gasteiger partial charge on any atom is 0.261 e. The number of carbonyl (C=O) groups excluding carboxylic acids is 1. The molecule has 28 heavy (non-hydrogen) atoms. The summed E-state index contributed by atoms with van der Waals surface area (Å²) in [6.45, 7) is 1.91. The first kappa shape index (κ1) is 19.2. The predicted molar refractivity (Wildman–Crippen MR) is 108 cm³/mol. The van der Waals surface area contributed by atoms with Crippen LogP contribution in [0.5, 0.6) is 11.5 Å². The van der Waals surface area contributed by atoms with Gasteiger partial charge in [-0.2, -0.15) is 0 Å². The molecule has 1 saturated heterocycles. The fourth-order valence-electron chi connectivity index (χ4n) is 3.43. The summed E-state index contributed by atoms with van der Waals surface area (Å²) in [4.78, 5) is 14.2. The lowest BCUT2D eigenvalue weighted by Crippen LogP contribution is -2.49. The van der Waals surface area contributed by atoms with Gasteiger partial charge in [0.15, 0.2) is 11.5 Å². The van der Waals surface area contributed by atoms with Crippen LogP contribution in [0.3, 0.4) is 0 Å². The third-order valence-electron chi connectivity index (χ3n) is 4.84. The second kappa shape index (κ2) is 7.73. The monoisotopic (exact) mass is 422 g/mol. The molecule has 9 heteroatoms. The Balaban J connectivity index is 1.45. The number of thiophene rings is 1. The van der Waals surface area contributed by atoms with Crippen LogP contribution in [0.1, 0.15) is 22.5 Å². The molecule has 2 aliphatic heterocycles. The largest absolute Gasteiger partial charge is 0.486 e. The topological polar surface area (TPSA) is 84.9 Å². The van der Waals surface area contributed by atoms with E-state index in [4.69, 9.17) is 9.47 Å². The number of amides is 1. The van der Waals surface area contributed by atoms with Gasteiger partial charge >= 0.3 is 0 Å². The quantitative estimate of drug-likeness (QED) is 0.818. The van der Waals surface area contributed by atoms with Crippen LogP contribution in [0.15, 0.2) is 30.3 Å². The van der Waals surface area contributed by atoms with Gasteiger partial charge in [-0.1, -0.05) is 0 Å². The summed E-state index contributed by atoms with van der Waals surface area (Å²) in [5.41, 5.74) is 0.967. The van der Waals surface area contributed by atoms with Crippen LogP contribution in [0.25, 0.3) is 10.4 Å². The molecule has 0 saturated carbocycles. The standard InChI is InChI=1S/C19H22N2O5S2/c1-28(23,24)21-8-2-3-14(12-21)20-19(22)18-7-6-17(27-18)13-4-5-15-16(11-13)26-10-9-25-15/h4-7,11,14H,2-3,8-10,12H2,1H3,(H,20,22)/t14-/m0/s1. The summed E-state index contributed by atoms with van der Waals surface area (Å²) >= 11 is 1.40. The Bertz CT molecular complexity index is 986. The molecule has 2 aliphatic rings. The molecule has 2 aromatic rings. The van der Waals surface area contributed by atoms with Gasteiger partial charge < -0.3 is 14.8 Å². The normalized spacial score (nSPS) is 20.0. The maximum absolute atomic E-state index is 12.6. The minimum Gasteiger partial charge on any atom is -0.486 e. The Labute approximate surface area is 168 Å². The summed E-state index contributed by atoms with van der Waals surface area (Å²) in [7, 11) is -3.24. The molecular formula is C19H22N2O5S2. The molecule has 7 nitrogen and oxygen atoms in total. The zero-order valence-corrected chi connectivity index (χ0v) is 17.1. The van der Waals surface area contributed by atoms with Crippen LogP contribution in [0, 0.1) is 0 Å². The van der Waals surface area contributed by atoms with Gasteiger partial charge in [0, 0.05) is 24.0 Å². The van der Waals surface area contributed by atoms with Crippen LogP contribution in [0.4, 0.5) is 0 Å². The van der Waals surface area contributed by atoms with Crippen LogP contribution >= 0.6 is 11.3 Å². The van der Waals surface area contributed by atoms with Crippen LogP contribution in [0.2, 0.25) is 0 Å². The molecule has 1 aromatic heterocycles. The number of rotatable bonds is 4. The average molecular weight is 423 g/mol. The molecule has 0 bridgehead atoms. The molecule has 1 N–H and O–H groups in total. The fraction of sp³-hybridized carbons (Fsp3) is 0.421. The number of fused-ring (bicyclic) bond motifs is 1. The van der Waals surface area contributed by atoms with Crippen LogP contribution in [-0.2, 0) is 10.0 Å². The third kappa shape index (κ3) is 4.16. The lowest BCUT2D eigenvalue weighted by atomic mass is 10.1. The van der Waals surface area contributed by atoms with E-state index in [1.807, 2.05) is 24.3 Å². The Morgan fingerprint density at radius 1 is 1.18 bits per heavy atom. The van der Waals surface area contributed by atoms with Crippen molar-refractivity contribution in [2.24, 2.45) is 0 Å². The van der Waals surface area contributed by atoms with Crippen LogP contribution in [-0.4, -0.2) is 57.2 Å². The zero-order valence-electron chi connectivity index (χ0n) is 15.5. The van der Waals surface area contributed by atoms with Crippen molar-refractivity contribution in [3.8, 4) is 21.9 Å². The van der Waals surface area contributed by atoms with Crippen molar-refractivity contribution in [2.75, 3.05) is 32.6 Å². The van der Waals surface area contributed by atoms with Gasteiger partial charge in [0.1, 0.15) is 13.2 Å². The highest BCUT2D eigenvalue weighted by molar-refractivity contribution is 7.88. The molecule has 1 fully saturated rings. The van der Waals surface area contributed by atoms with E-state index < -0.39 is 10.0 Å². The highest BCUT2D eigenvalue weighted by Crippen LogP contribution is 2.36. The van der Waals surface area contributed by atoms with E-state index in [1.54, 1.807) is 6.07 Å². The van der Waals surface area contributed by atoms with E-state index in [1.165, 1.54) is 21.9 Å². The molecule has 1 aromatic carbocycles. The number of hydrogen-bond acceptors (Lipinski definition) is 6. The van der Waals surface area contributed by atoms with Gasteiger partial charge in [0.25, 0.3) is 5.91 Å². The molecule has 4 rings (SSSR count). The van der Waals surface area contributed by atoms with Gasteiger partial charge in [-0.3, -0.25) is 4.79 Å². The zero-order chi connectivity index (χ0) is 19.7. The molecule has 0 radical (unpaired) electrons. The Hall–Kier alpha value is -2.10. The Morgan fingerprint density at radius 3 is 2.75 bits per heavy atom. The summed E-state index contributed by atoms with van der Waals surface area (Å²) in [5.74, 6) is 1.28. The number of carbonyl (C=O) groups is 1. The summed E-state index contributed by atoms with van der Waals surface area (Å²) in [6, 6.07) is 9.29. The van der Waals surface area contributed by atoms with Crippen molar-refractivity contribution in [2.45, 2.75) is 18.9 Å². The van der Waals surface area contributed by atoms with Gasteiger partial charge in [0.05, 0.1) is 11.1 Å². The molecule has 150 valence electrons. The minimum absolute atomic E-state index is 0.171. The van der Waals surface area contributed by atoms with Gasteiger partial charge in [0.2, 0.25) is 10.0 Å². The Kier molecular flexibility index (Phi) is 5.31. The molecular weight excluding hydrogens is 400 g/mol. The van der Waals surface area contributed by atoms with E-state index in [0.717, 1.165) is 29.0 Å². The maximum atomic E-state index is 12.6. The number of benzene rings is 1. The summed E-state index contributed by atoms with van der Waals surface area (Å²) in [6.07, 6.45) is 2.72. The predicted octanol–water partition coefficient (Wildman–Crippen LogP) is 2.34. The fourth-order valence-corrected chi connectivity index (χ4v) is 5.25. The van der Waals surface area contributed by atoms with Gasteiger partial charge in [-0.25, -0.2) is 12.7 Å². The number of nitrogens with one attached hydrogen (secondary N) is 1. The first-order valence-electron chi connectivity index (χ1n) is 9.16. The second-order valence-corrected chi connectivity index (χ2v) is 10.0. The van der Waals surface area contributed by atoms with E-state index in [-0.39, 0.29) is 11.9 Å². The van der Waals surface area contributed by atoms with Gasteiger partial charge in [-0.05, 0) is 48.7 Å². The summed E-state index contributed by atoms with van der Waals surface area (Å²) in [5, 5.41) is 2.97. The third-order valence-corrected chi connectivity index (χ3v) is 7.25. The number of piperidine rings is 1. The highest BCUT2D eigenvalue weighted by Gasteiger charge is 2.27. The summed E-state index contributed by atoms with van der Waals surface area (Å²) < 4.78 is 36.1. The molecule has 0 unspecified atom stereocenters. The highest BCUT2D eigenvalue weighted by atomic mass is 32.2. The smallest absolute Gasteiger partial charge is 0.261 e. The molecule has 0 aliphatic carbocycles. The van der Waals surface area contributed by atoms with Crippen LogP contribution < -0.4 is 14.8 Å². The van der Waals surface area contributed by atoms with Crippen molar-refractivity contribution in [1.29, 1.82) is 0 Å². The van der Waals surface area contributed by atoms with Crippen molar-refractivity contribution in [1.82, 2.24) is 9.62 Å².